The predicted molar refractivity (Wildman–Crippen MR) is 107 cm³/mol. The van der Waals surface area contributed by atoms with Crippen LogP contribution in [0.5, 0.6) is 0 Å². The Morgan fingerprint density at radius 2 is 1.88 bits per heavy atom. The topological polar surface area (TPSA) is 66.6 Å². The van der Waals surface area contributed by atoms with E-state index in [1.807, 2.05) is 0 Å². The van der Waals surface area contributed by atoms with E-state index in [1.165, 1.54) is 12.1 Å². The van der Waals surface area contributed by atoms with E-state index in [4.69, 9.17) is 11.6 Å². The van der Waals surface area contributed by atoms with E-state index < -0.39 is 23.7 Å². The standard InChI is InChI=1S/C21H23ClF5N3O2/c22-15-8-13(18(32)28-10-19(11-31)5-6-19)9-16-29-17(21(25,26)27)14(30(15)16)7-12-1-3-20(23,24)4-2-12/h8-9,12,31H,1-7,10-11H2,(H,28,32). The van der Waals surface area contributed by atoms with Gasteiger partial charge in [0.25, 0.3) is 5.91 Å². The van der Waals surface area contributed by atoms with Gasteiger partial charge < -0.3 is 10.4 Å². The van der Waals surface area contributed by atoms with Gasteiger partial charge in [0.2, 0.25) is 5.92 Å². The molecule has 2 aromatic heterocycles. The Balaban J connectivity index is 1.63. The molecule has 0 unspecified atom stereocenters. The number of amides is 1. The maximum Gasteiger partial charge on any atom is 0.435 e. The fourth-order valence-electron chi connectivity index (χ4n) is 4.24. The molecule has 2 aliphatic rings. The van der Waals surface area contributed by atoms with Gasteiger partial charge in [-0.25, -0.2) is 13.8 Å². The number of hydrogen-bond donors (Lipinski definition) is 2. The summed E-state index contributed by atoms with van der Waals surface area (Å²) in [6.07, 6.45) is -3.76. The van der Waals surface area contributed by atoms with Gasteiger partial charge >= 0.3 is 6.18 Å². The summed E-state index contributed by atoms with van der Waals surface area (Å²) in [5.74, 6) is -3.65. The van der Waals surface area contributed by atoms with Crippen molar-refractivity contribution in [2.75, 3.05) is 13.2 Å². The maximum atomic E-state index is 13.7. The summed E-state index contributed by atoms with van der Waals surface area (Å²) >= 11 is 6.28. The van der Waals surface area contributed by atoms with Gasteiger partial charge in [-0.1, -0.05) is 11.6 Å². The lowest BCUT2D eigenvalue weighted by atomic mass is 9.83. The van der Waals surface area contributed by atoms with Crippen molar-refractivity contribution in [1.29, 1.82) is 0 Å². The van der Waals surface area contributed by atoms with E-state index in [2.05, 4.69) is 10.3 Å². The van der Waals surface area contributed by atoms with Gasteiger partial charge in [0.1, 0.15) is 10.8 Å². The van der Waals surface area contributed by atoms with E-state index in [0.29, 0.717) is 0 Å². The number of nitrogens with one attached hydrogen (secondary N) is 1. The van der Waals surface area contributed by atoms with Crippen LogP contribution in [0.1, 0.15) is 60.3 Å². The zero-order valence-corrected chi connectivity index (χ0v) is 17.9. The molecule has 0 atom stereocenters. The number of aromatic nitrogens is 2. The van der Waals surface area contributed by atoms with Crippen molar-refractivity contribution in [3.63, 3.8) is 0 Å². The first kappa shape index (κ1) is 23.2. The van der Waals surface area contributed by atoms with Crippen LogP contribution in [0.3, 0.4) is 0 Å². The van der Waals surface area contributed by atoms with Crippen molar-refractivity contribution in [2.24, 2.45) is 11.3 Å². The van der Waals surface area contributed by atoms with Crippen molar-refractivity contribution < 1.29 is 31.9 Å². The quantitative estimate of drug-likeness (QED) is 0.458. The zero-order chi connectivity index (χ0) is 23.3. The number of carbonyl (C=O) groups is 1. The van der Waals surface area contributed by atoms with E-state index in [0.717, 1.165) is 17.2 Å². The molecular weight excluding hydrogens is 457 g/mol. The number of rotatable bonds is 6. The first-order valence-corrected chi connectivity index (χ1v) is 10.9. The van der Waals surface area contributed by atoms with Crippen molar-refractivity contribution in [3.8, 4) is 0 Å². The second-order valence-corrected chi connectivity index (χ2v) is 9.40. The molecule has 32 heavy (non-hydrogen) atoms. The lowest BCUT2D eigenvalue weighted by molar-refractivity contribution is -0.141. The summed E-state index contributed by atoms with van der Waals surface area (Å²) in [6, 6.07) is 2.50. The molecule has 2 fully saturated rings. The summed E-state index contributed by atoms with van der Waals surface area (Å²) in [6.45, 7) is 0.198. The molecule has 2 heterocycles. The molecule has 2 saturated carbocycles. The molecule has 0 aliphatic heterocycles. The molecule has 4 rings (SSSR count). The Labute approximate surface area is 186 Å². The third-order valence-corrected chi connectivity index (χ3v) is 6.82. The number of pyridine rings is 1. The number of aliphatic hydroxyl groups is 1. The van der Waals surface area contributed by atoms with Crippen LogP contribution in [-0.4, -0.2) is 39.5 Å². The molecule has 0 bridgehead atoms. The number of imidazole rings is 1. The molecule has 0 spiro atoms. The zero-order valence-electron chi connectivity index (χ0n) is 17.1. The molecule has 0 radical (unpaired) electrons. The van der Waals surface area contributed by atoms with Gasteiger partial charge in [0.05, 0.1) is 12.3 Å². The number of aliphatic hydroxyl groups excluding tert-OH is 1. The molecule has 5 nitrogen and oxygen atoms in total. The second kappa shape index (κ2) is 8.13. The molecule has 11 heteroatoms. The van der Waals surface area contributed by atoms with E-state index in [1.54, 1.807) is 0 Å². The Morgan fingerprint density at radius 1 is 1.22 bits per heavy atom. The van der Waals surface area contributed by atoms with Crippen LogP contribution in [0.15, 0.2) is 12.1 Å². The van der Waals surface area contributed by atoms with Crippen LogP contribution in [0.4, 0.5) is 22.0 Å². The van der Waals surface area contributed by atoms with E-state index in [-0.39, 0.29) is 78.6 Å². The van der Waals surface area contributed by atoms with Crippen LogP contribution in [-0.2, 0) is 12.6 Å². The highest BCUT2D eigenvalue weighted by molar-refractivity contribution is 6.30. The first-order chi connectivity index (χ1) is 14.9. The molecule has 0 saturated heterocycles. The minimum atomic E-state index is -4.76. The fourth-order valence-corrected chi connectivity index (χ4v) is 4.55. The van der Waals surface area contributed by atoms with Gasteiger partial charge in [-0.3, -0.25) is 9.20 Å². The SMILES string of the molecule is O=C(NCC1(CO)CC1)c1cc(Cl)n2c(CC3CCC(F)(F)CC3)c(C(F)(F)F)nc2c1. The smallest absolute Gasteiger partial charge is 0.396 e. The average molecular weight is 480 g/mol. The lowest BCUT2D eigenvalue weighted by Gasteiger charge is -2.28. The molecule has 2 aromatic rings. The highest BCUT2D eigenvalue weighted by atomic mass is 35.5. The molecule has 2 N–H and O–H groups in total. The van der Waals surface area contributed by atoms with Crippen molar-refractivity contribution in [3.05, 3.63) is 34.2 Å². The predicted octanol–water partition coefficient (Wildman–Crippen LogP) is 4.88. The molecule has 1 amide bonds. The highest BCUT2D eigenvalue weighted by Gasteiger charge is 2.43. The van der Waals surface area contributed by atoms with Crippen molar-refractivity contribution in [2.45, 2.75) is 57.0 Å². The number of hydrogen-bond acceptors (Lipinski definition) is 3. The van der Waals surface area contributed by atoms with Gasteiger partial charge in [0.15, 0.2) is 5.69 Å². The number of halogens is 6. The van der Waals surface area contributed by atoms with E-state index >= 15 is 0 Å². The molecule has 176 valence electrons. The second-order valence-electron chi connectivity index (χ2n) is 9.01. The lowest BCUT2D eigenvalue weighted by Crippen LogP contribution is -2.31. The summed E-state index contributed by atoms with van der Waals surface area (Å²) in [4.78, 5) is 16.2. The Kier molecular flexibility index (Phi) is 5.90. The molecule has 2 aliphatic carbocycles. The minimum absolute atomic E-state index is 0.0545. The third-order valence-electron chi connectivity index (χ3n) is 6.54. The van der Waals surface area contributed by atoms with Crippen LogP contribution < -0.4 is 5.32 Å². The largest absolute Gasteiger partial charge is 0.435 e. The fraction of sp³-hybridized carbons (Fsp3) is 0.619. The third kappa shape index (κ3) is 4.71. The number of fused-ring (bicyclic) bond motifs is 1. The number of alkyl halides is 5. The van der Waals surface area contributed by atoms with Crippen molar-refractivity contribution >= 4 is 23.2 Å². The number of carbonyl (C=O) groups excluding carboxylic acids is 1. The number of nitrogens with zero attached hydrogens (tertiary/aromatic N) is 2. The summed E-state index contributed by atoms with van der Waals surface area (Å²) < 4.78 is 69.2. The van der Waals surface area contributed by atoms with Gasteiger partial charge in [-0.15, -0.1) is 0 Å². The van der Waals surface area contributed by atoms with Gasteiger partial charge in [-0.05, 0) is 50.2 Å². The summed E-state index contributed by atoms with van der Waals surface area (Å²) in [7, 11) is 0. The average Bonchev–Trinajstić information content (AvgIpc) is 3.40. The monoisotopic (exact) mass is 479 g/mol. The van der Waals surface area contributed by atoms with Crippen LogP contribution in [0.25, 0.3) is 5.65 Å². The first-order valence-electron chi connectivity index (χ1n) is 10.5. The van der Waals surface area contributed by atoms with Crippen LogP contribution in [0.2, 0.25) is 5.15 Å². The normalized spacial score (nSPS) is 20.5. The van der Waals surface area contributed by atoms with Crippen LogP contribution in [0, 0.1) is 11.3 Å². The summed E-state index contributed by atoms with van der Waals surface area (Å²) in [5.41, 5.74) is -1.71. The highest BCUT2D eigenvalue weighted by Crippen LogP contribution is 2.44. The molecular formula is C21H23ClF5N3O2. The van der Waals surface area contributed by atoms with E-state index in [9.17, 15) is 31.9 Å². The molecule has 0 aromatic carbocycles. The Bertz CT molecular complexity index is 1020. The maximum absolute atomic E-state index is 13.7. The Hall–Kier alpha value is -1.94. The Morgan fingerprint density at radius 3 is 2.44 bits per heavy atom. The van der Waals surface area contributed by atoms with Gasteiger partial charge in [-0.2, -0.15) is 13.2 Å². The summed E-state index contributed by atoms with van der Waals surface area (Å²) in [5, 5.41) is 11.9. The minimum Gasteiger partial charge on any atom is -0.396 e. The van der Waals surface area contributed by atoms with Crippen LogP contribution >= 0.6 is 11.6 Å². The van der Waals surface area contributed by atoms with Gasteiger partial charge in [0, 0.05) is 30.4 Å². The van der Waals surface area contributed by atoms with Crippen molar-refractivity contribution in [1.82, 2.24) is 14.7 Å².